The quantitative estimate of drug-likeness (QED) is 0.781. The fourth-order valence-electron chi connectivity index (χ4n) is 2.42. The lowest BCUT2D eigenvalue weighted by molar-refractivity contribution is -0.122. The number of rotatable bonds is 8. The van der Waals surface area contributed by atoms with Crippen LogP contribution in [0.2, 0.25) is 0 Å². The number of hydrogen-bond acceptors (Lipinski definition) is 4. The second-order valence-electron chi connectivity index (χ2n) is 5.57. The number of amides is 1. The van der Waals surface area contributed by atoms with Crippen LogP contribution in [-0.4, -0.2) is 42.7 Å². The molecule has 2 aromatic rings. The van der Waals surface area contributed by atoms with E-state index < -0.39 is 0 Å². The summed E-state index contributed by atoms with van der Waals surface area (Å²) in [5, 5.41) is 14.1. The Morgan fingerprint density at radius 3 is 2.61 bits per heavy atom. The Kier molecular flexibility index (Phi) is 6.77. The first kappa shape index (κ1) is 17.7. The molecule has 5 heteroatoms. The average Bonchev–Trinajstić information content (AvgIpc) is 3.07. The Labute approximate surface area is 141 Å². The molecule has 0 spiro atoms. The monoisotopic (exact) mass is 332 g/mol. The number of carbonyl (C=O) groups excluding carboxylic acids is 1. The summed E-state index contributed by atoms with van der Waals surface area (Å²) in [6, 6.07) is 12.3. The molecule has 1 aromatic carbocycles. The topological polar surface area (TPSA) is 52.6 Å². The summed E-state index contributed by atoms with van der Waals surface area (Å²) in [6.45, 7) is 2.94. The van der Waals surface area contributed by atoms with E-state index in [1.807, 2.05) is 24.6 Å². The predicted octanol–water partition coefficient (Wildman–Crippen LogP) is 2.44. The van der Waals surface area contributed by atoms with Gasteiger partial charge in [-0.05, 0) is 36.0 Å². The van der Waals surface area contributed by atoms with Crippen molar-refractivity contribution < 1.29 is 9.90 Å². The van der Waals surface area contributed by atoms with E-state index in [1.54, 1.807) is 16.2 Å². The highest BCUT2D eigenvalue weighted by Crippen LogP contribution is 2.26. The lowest BCUT2D eigenvalue weighted by Gasteiger charge is -2.21. The summed E-state index contributed by atoms with van der Waals surface area (Å²) in [7, 11) is 1.83. The van der Waals surface area contributed by atoms with Gasteiger partial charge in [0.25, 0.3) is 0 Å². The summed E-state index contributed by atoms with van der Waals surface area (Å²) in [5.74, 6) is -0.0427. The molecule has 2 rings (SSSR count). The molecule has 0 radical (unpaired) electrons. The molecular weight excluding hydrogens is 308 g/mol. The number of carbonyl (C=O) groups is 1. The number of likely N-dealkylation sites (N-methyl/N-ethyl adjacent to an activating group) is 1. The molecule has 1 heterocycles. The van der Waals surface area contributed by atoms with Crippen LogP contribution < -0.4 is 5.32 Å². The van der Waals surface area contributed by atoms with Crippen molar-refractivity contribution in [3.05, 3.63) is 57.8 Å². The summed E-state index contributed by atoms with van der Waals surface area (Å²) >= 11 is 1.64. The predicted molar refractivity (Wildman–Crippen MR) is 94.7 cm³/mol. The molecule has 2 N–H and O–H groups in total. The fourth-order valence-corrected chi connectivity index (χ4v) is 3.22. The van der Waals surface area contributed by atoms with E-state index >= 15 is 0 Å². The van der Waals surface area contributed by atoms with Crippen LogP contribution in [-0.2, 0) is 11.2 Å². The van der Waals surface area contributed by atoms with E-state index in [0.29, 0.717) is 6.54 Å². The minimum Gasteiger partial charge on any atom is -0.395 e. The van der Waals surface area contributed by atoms with Crippen molar-refractivity contribution >= 4 is 17.2 Å². The van der Waals surface area contributed by atoms with Crippen LogP contribution in [0.3, 0.4) is 0 Å². The number of benzene rings is 1. The van der Waals surface area contributed by atoms with Gasteiger partial charge in [0.1, 0.15) is 0 Å². The van der Waals surface area contributed by atoms with Crippen LogP contribution in [0.4, 0.5) is 0 Å². The van der Waals surface area contributed by atoms with Crippen molar-refractivity contribution in [3.63, 3.8) is 0 Å². The number of hydrogen-bond donors (Lipinski definition) is 2. The third kappa shape index (κ3) is 5.16. The summed E-state index contributed by atoms with van der Waals surface area (Å²) in [4.78, 5) is 15.2. The van der Waals surface area contributed by atoms with Crippen LogP contribution in [0.25, 0.3) is 0 Å². The molecule has 1 atom stereocenters. The van der Waals surface area contributed by atoms with Crippen LogP contribution in [0, 0.1) is 0 Å². The van der Waals surface area contributed by atoms with Gasteiger partial charge < -0.3 is 10.4 Å². The first-order chi connectivity index (χ1) is 11.1. The van der Waals surface area contributed by atoms with Gasteiger partial charge >= 0.3 is 0 Å². The second-order valence-corrected chi connectivity index (χ2v) is 6.55. The number of nitrogens with zero attached hydrogens (tertiary/aromatic N) is 1. The molecule has 0 fully saturated rings. The standard InChI is InChI=1S/C18H24N2O2S/c1-3-14-6-8-15(9-7-14)18(16-5-4-12-23-16)19-17(22)13-20(2)10-11-21/h4-9,12,18,21H,3,10-11,13H2,1-2H3,(H,19,22). The smallest absolute Gasteiger partial charge is 0.234 e. The number of aryl methyl sites for hydroxylation is 1. The zero-order chi connectivity index (χ0) is 16.7. The third-order valence-corrected chi connectivity index (χ3v) is 4.69. The maximum atomic E-state index is 12.3. The largest absolute Gasteiger partial charge is 0.395 e. The normalized spacial score (nSPS) is 12.3. The van der Waals surface area contributed by atoms with E-state index in [9.17, 15) is 4.79 Å². The lowest BCUT2D eigenvalue weighted by Crippen LogP contribution is -2.38. The van der Waals surface area contributed by atoms with Gasteiger partial charge in [-0.1, -0.05) is 37.3 Å². The zero-order valence-corrected chi connectivity index (χ0v) is 14.5. The van der Waals surface area contributed by atoms with Crippen LogP contribution in [0.15, 0.2) is 41.8 Å². The Morgan fingerprint density at radius 2 is 2.04 bits per heavy atom. The molecule has 1 unspecified atom stereocenters. The first-order valence-electron chi connectivity index (χ1n) is 7.85. The lowest BCUT2D eigenvalue weighted by atomic mass is 10.0. The average molecular weight is 332 g/mol. The van der Waals surface area contributed by atoms with E-state index in [1.165, 1.54) is 5.56 Å². The van der Waals surface area contributed by atoms with Crippen molar-refractivity contribution in [2.45, 2.75) is 19.4 Å². The van der Waals surface area contributed by atoms with Crippen LogP contribution in [0.5, 0.6) is 0 Å². The van der Waals surface area contributed by atoms with Gasteiger partial charge in [0.05, 0.1) is 19.2 Å². The molecule has 0 bridgehead atoms. The number of thiophene rings is 1. The van der Waals surface area contributed by atoms with E-state index in [0.717, 1.165) is 16.9 Å². The summed E-state index contributed by atoms with van der Waals surface area (Å²) in [6.07, 6.45) is 1.00. The first-order valence-corrected chi connectivity index (χ1v) is 8.73. The van der Waals surface area contributed by atoms with E-state index in [2.05, 4.69) is 36.5 Å². The highest BCUT2D eigenvalue weighted by molar-refractivity contribution is 7.10. The van der Waals surface area contributed by atoms with Gasteiger partial charge in [-0.25, -0.2) is 0 Å². The van der Waals surface area contributed by atoms with Gasteiger partial charge in [-0.15, -0.1) is 11.3 Å². The highest BCUT2D eigenvalue weighted by atomic mass is 32.1. The van der Waals surface area contributed by atoms with Crippen LogP contribution >= 0.6 is 11.3 Å². The van der Waals surface area contributed by atoms with Crippen LogP contribution in [0.1, 0.15) is 29.0 Å². The van der Waals surface area contributed by atoms with Crippen molar-refractivity contribution in [1.82, 2.24) is 10.2 Å². The molecule has 1 aromatic heterocycles. The minimum atomic E-state index is -0.129. The van der Waals surface area contributed by atoms with Crippen molar-refractivity contribution in [2.75, 3.05) is 26.7 Å². The number of aliphatic hydroxyl groups is 1. The molecular formula is C18H24N2O2S. The molecule has 23 heavy (non-hydrogen) atoms. The molecule has 4 nitrogen and oxygen atoms in total. The van der Waals surface area contributed by atoms with Gasteiger partial charge in [0.2, 0.25) is 5.91 Å². The minimum absolute atomic E-state index is 0.0427. The van der Waals surface area contributed by atoms with Gasteiger partial charge in [-0.3, -0.25) is 9.69 Å². The molecule has 0 saturated heterocycles. The van der Waals surface area contributed by atoms with E-state index in [-0.39, 0.29) is 25.1 Å². The maximum Gasteiger partial charge on any atom is 0.234 e. The van der Waals surface area contributed by atoms with Crippen molar-refractivity contribution in [3.8, 4) is 0 Å². The number of aliphatic hydroxyl groups excluding tert-OH is 1. The Bertz CT molecular complexity index is 596. The van der Waals surface area contributed by atoms with Crippen molar-refractivity contribution in [1.29, 1.82) is 0 Å². The molecule has 1 amide bonds. The summed E-state index contributed by atoms with van der Waals surface area (Å²) < 4.78 is 0. The molecule has 0 aliphatic carbocycles. The molecule has 0 aliphatic heterocycles. The SMILES string of the molecule is CCc1ccc(C(NC(=O)CN(C)CCO)c2cccs2)cc1. The molecule has 124 valence electrons. The summed E-state index contributed by atoms with van der Waals surface area (Å²) in [5.41, 5.74) is 2.37. The molecule has 0 saturated carbocycles. The fraction of sp³-hybridized carbons (Fsp3) is 0.389. The van der Waals surface area contributed by atoms with Gasteiger partial charge in [0, 0.05) is 11.4 Å². The van der Waals surface area contributed by atoms with E-state index in [4.69, 9.17) is 5.11 Å². The highest BCUT2D eigenvalue weighted by Gasteiger charge is 2.18. The van der Waals surface area contributed by atoms with Crippen molar-refractivity contribution in [2.24, 2.45) is 0 Å². The van der Waals surface area contributed by atoms with Gasteiger partial charge in [0.15, 0.2) is 0 Å². The third-order valence-electron chi connectivity index (χ3n) is 3.75. The second kappa shape index (κ2) is 8.82. The molecule has 0 aliphatic rings. The number of nitrogens with one attached hydrogen (secondary N) is 1. The Morgan fingerprint density at radius 1 is 1.30 bits per heavy atom. The Balaban J connectivity index is 2.13. The zero-order valence-electron chi connectivity index (χ0n) is 13.7. The maximum absolute atomic E-state index is 12.3. The van der Waals surface area contributed by atoms with Gasteiger partial charge in [-0.2, -0.15) is 0 Å². The Hall–Kier alpha value is -1.69.